The van der Waals surface area contributed by atoms with Gasteiger partial charge in [-0.1, -0.05) is 15.9 Å². The molecule has 90 valence electrons. The van der Waals surface area contributed by atoms with E-state index in [0.717, 1.165) is 10.2 Å². The van der Waals surface area contributed by atoms with Crippen LogP contribution in [0.15, 0.2) is 34.9 Å². The highest BCUT2D eigenvalue weighted by Crippen LogP contribution is 2.26. The first-order valence-corrected chi connectivity index (χ1v) is 6.03. The van der Waals surface area contributed by atoms with Gasteiger partial charge >= 0.3 is 0 Å². The third-order valence-electron chi connectivity index (χ3n) is 2.71. The first kappa shape index (κ1) is 12.3. The van der Waals surface area contributed by atoms with E-state index in [1.807, 2.05) is 13.1 Å². The van der Waals surface area contributed by atoms with Crippen LogP contribution in [0.1, 0.15) is 17.3 Å². The van der Waals surface area contributed by atoms with Crippen molar-refractivity contribution in [2.24, 2.45) is 7.05 Å². The van der Waals surface area contributed by atoms with Crippen LogP contribution in [-0.4, -0.2) is 16.8 Å². The zero-order chi connectivity index (χ0) is 12.4. The molecule has 0 aliphatic rings. The van der Waals surface area contributed by atoms with Crippen LogP contribution < -0.4 is 5.32 Å². The number of aryl methyl sites for hydroxylation is 1. The molecule has 0 saturated carbocycles. The van der Waals surface area contributed by atoms with E-state index in [9.17, 15) is 4.39 Å². The molecular weight excluding hydrogens is 285 g/mol. The van der Waals surface area contributed by atoms with Crippen molar-refractivity contribution in [1.29, 1.82) is 0 Å². The van der Waals surface area contributed by atoms with Crippen molar-refractivity contribution in [3.05, 3.63) is 52.0 Å². The Balaban J connectivity index is 2.49. The second-order valence-corrected chi connectivity index (χ2v) is 4.68. The van der Waals surface area contributed by atoms with E-state index >= 15 is 0 Å². The fraction of sp³-hybridized carbons (Fsp3) is 0.250. The maximum absolute atomic E-state index is 13.8. The normalized spacial score (nSPS) is 12.7. The van der Waals surface area contributed by atoms with Crippen LogP contribution >= 0.6 is 15.9 Å². The number of aromatic nitrogens is 2. The standard InChI is InChI=1S/C12H13BrFN3/c1-15-12(11-5-6-16-17(11)2)9-7-8(13)3-4-10(9)14/h3-7,12,15H,1-2H3. The van der Waals surface area contributed by atoms with E-state index in [1.165, 1.54) is 6.07 Å². The Morgan fingerprint density at radius 2 is 2.18 bits per heavy atom. The summed E-state index contributed by atoms with van der Waals surface area (Å²) in [6.45, 7) is 0. The summed E-state index contributed by atoms with van der Waals surface area (Å²) in [5.74, 6) is -0.228. The van der Waals surface area contributed by atoms with Crippen molar-refractivity contribution in [3.8, 4) is 0 Å². The van der Waals surface area contributed by atoms with Gasteiger partial charge < -0.3 is 5.32 Å². The number of rotatable bonds is 3. The molecule has 2 aromatic rings. The molecule has 1 aromatic heterocycles. The van der Waals surface area contributed by atoms with Crippen LogP contribution in [0.3, 0.4) is 0 Å². The monoisotopic (exact) mass is 297 g/mol. The molecule has 0 fully saturated rings. The van der Waals surface area contributed by atoms with Crippen LogP contribution in [0.2, 0.25) is 0 Å². The summed E-state index contributed by atoms with van der Waals surface area (Å²) < 4.78 is 16.4. The highest BCUT2D eigenvalue weighted by molar-refractivity contribution is 9.10. The van der Waals surface area contributed by atoms with Crippen molar-refractivity contribution >= 4 is 15.9 Å². The number of halogens is 2. The van der Waals surface area contributed by atoms with E-state index in [-0.39, 0.29) is 11.9 Å². The Morgan fingerprint density at radius 1 is 1.41 bits per heavy atom. The van der Waals surface area contributed by atoms with Gasteiger partial charge in [0.05, 0.1) is 11.7 Å². The topological polar surface area (TPSA) is 29.9 Å². The molecule has 3 nitrogen and oxygen atoms in total. The van der Waals surface area contributed by atoms with Crippen molar-refractivity contribution in [2.75, 3.05) is 7.05 Å². The first-order chi connectivity index (χ1) is 8.13. The molecular formula is C12H13BrFN3. The van der Waals surface area contributed by atoms with Gasteiger partial charge in [-0.05, 0) is 31.3 Å². The summed E-state index contributed by atoms with van der Waals surface area (Å²) in [7, 11) is 3.65. The fourth-order valence-corrected chi connectivity index (χ4v) is 2.24. The molecule has 1 aromatic carbocycles. The van der Waals surface area contributed by atoms with E-state index < -0.39 is 0 Å². The quantitative estimate of drug-likeness (QED) is 0.944. The van der Waals surface area contributed by atoms with Gasteiger partial charge in [0.15, 0.2) is 0 Å². The molecule has 0 bridgehead atoms. The molecule has 1 N–H and O–H groups in total. The van der Waals surface area contributed by atoms with E-state index in [4.69, 9.17) is 0 Å². The zero-order valence-electron chi connectivity index (χ0n) is 9.61. The van der Waals surface area contributed by atoms with Crippen LogP contribution in [0.25, 0.3) is 0 Å². The highest BCUT2D eigenvalue weighted by atomic mass is 79.9. The zero-order valence-corrected chi connectivity index (χ0v) is 11.2. The Labute approximate surface area is 108 Å². The average Bonchev–Trinajstić information content (AvgIpc) is 2.71. The van der Waals surface area contributed by atoms with Gasteiger partial charge in [0.2, 0.25) is 0 Å². The van der Waals surface area contributed by atoms with E-state index in [0.29, 0.717) is 5.56 Å². The molecule has 0 aliphatic heterocycles. The minimum Gasteiger partial charge on any atom is -0.308 e. The van der Waals surface area contributed by atoms with Crippen LogP contribution in [0.5, 0.6) is 0 Å². The predicted octanol–water partition coefficient (Wildman–Crippen LogP) is 2.63. The summed E-state index contributed by atoms with van der Waals surface area (Å²) in [6.07, 6.45) is 1.70. The van der Waals surface area contributed by atoms with Gasteiger partial charge in [-0.25, -0.2) is 4.39 Å². The average molecular weight is 298 g/mol. The van der Waals surface area contributed by atoms with E-state index in [1.54, 1.807) is 30.1 Å². The van der Waals surface area contributed by atoms with Gasteiger partial charge in [0.25, 0.3) is 0 Å². The molecule has 1 atom stereocenters. The summed E-state index contributed by atoms with van der Waals surface area (Å²) in [5.41, 5.74) is 1.52. The van der Waals surface area contributed by atoms with E-state index in [2.05, 4.69) is 26.3 Å². The molecule has 0 amide bonds. The lowest BCUT2D eigenvalue weighted by Crippen LogP contribution is -2.21. The maximum atomic E-state index is 13.8. The SMILES string of the molecule is CNC(c1cc(Br)ccc1F)c1ccnn1C. The first-order valence-electron chi connectivity index (χ1n) is 5.23. The number of nitrogens with zero attached hydrogens (tertiary/aromatic N) is 2. The van der Waals surface area contributed by atoms with Gasteiger partial charge in [-0.2, -0.15) is 5.10 Å². The Hall–Kier alpha value is -1.20. The van der Waals surface area contributed by atoms with Gasteiger partial charge in [-0.3, -0.25) is 4.68 Å². The molecule has 0 saturated heterocycles. The molecule has 1 heterocycles. The Bertz CT molecular complexity index is 524. The fourth-order valence-electron chi connectivity index (χ4n) is 1.87. The smallest absolute Gasteiger partial charge is 0.128 e. The number of hydrogen-bond donors (Lipinski definition) is 1. The molecule has 0 aliphatic carbocycles. The Morgan fingerprint density at radius 3 is 2.76 bits per heavy atom. The molecule has 2 rings (SSSR count). The molecule has 17 heavy (non-hydrogen) atoms. The summed E-state index contributed by atoms with van der Waals surface area (Å²) in [5, 5.41) is 7.21. The largest absolute Gasteiger partial charge is 0.308 e. The number of hydrogen-bond acceptors (Lipinski definition) is 2. The minimum absolute atomic E-state index is 0.208. The van der Waals surface area contributed by atoms with Gasteiger partial charge in [-0.15, -0.1) is 0 Å². The minimum atomic E-state index is -0.228. The molecule has 5 heteroatoms. The summed E-state index contributed by atoms with van der Waals surface area (Å²) in [6, 6.07) is 6.60. The van der Waals surface area contributed by atoms with Crippen molar-refractivity contribution in [2.45, 2.75) is 6.04 Å². The van der Waals surface area contributed by atoms with Crippen molar-refractivity contribution in [1.82, 2.24) is 15.1 Å². The second-order valence-electron chi connectivity index (χ2n) is 3.77. The number of nitrogens with one attached hydrogen (secondary N) is 1. The third kappa shape index (κ3) is 2.40. The van der Waals surface area contributed by atoms with Crippen molar-refractivity contribution in [3.63, 3.8) is 0 Å². The Kier molecular flexibility index (Phi) is 3.59. The predicted molar refractivity (Wildman–Crippen MR) is 68.2 cm³/mol. The maximum Gasteiger partial charge on any atom is 0.128 e. The summed E-state index contributed by atoms with van der Waals surface area (Å²) in [4.78, 5) is 0. The highest BCUT2D eigenvalue weighted by Gasteiger charge is 2.19. The van der Waals surface area contributed by atoms with Gasteiger partial charge in [0.1, 0.15) is 5.82 Å². The molecule has 0 spiro atoms. The third-order valence-corrected chi connectivity index (χ3v) is 3.21. The van der Waals surface area contributed by atoms with Crippen LogP contribution in [-0.2, 0) is 7.05 Å². The summed E-state index contributed by atoms with van der Waals surface area (Å²) >= 11 is 3.36. The number of benzene rings is 1. The lowest BCUT2D eigenvalue weighted by atomic mass is 10.0. The molecule has 0 radical (unpaired) electrons. The van der Waals surface area contributed by atoms with Crippen LogP contribution in [0.4, 0.5) is 4.39 Å². The van der Waals surface area contributed by atoms with Crippen molar-refractivity contribution < 1.29 is 4.39 Å². The van der Waals surface area contributed by atoms with Crippen LogP contribution in [0, 0.1) is 5.82 Å². The lowest BCUT2D eigenvalue weighted by molar-refractivity contribution is 0.551. The van der Waals surface area contributed by atoms with Gasteiger partial charge in [0, 0.05) is 23.3 Å². The molecule has 1 unspecified atom stereocenters. The lowest BCUT2D eigenvalue weighted by Gasteiger charge is -2.18. The second kappa shape index (κ2) is 4.98.